The SMILES string of the molecule is COc1ccc(-n2c(C)nnc2S[C@@H](C[N+](=O)[O-])c2ccc(OCc3ccccc3Cl)cc2)cc1. The van der Waals surface area contributed by atoms with Gasteiger partial charge in [-0.2, -0.15) is 0 Å². The van der Waals surface area contributed by atoms with Gasteiger partial charge in [0.15, 0.2) is 5.16 Å². The predicted octanol–water partition coefficient (Wildman–Crippen LogP) is 5.93. The number of hydrogen-bond acceptors (Lipinski definition) is 7. The van der Waals surface area contributed by atoms with Crippen molar-refractivity contribution < 1.29 is 14.4 Å². The molecule has 0 aliphatic heterocycles. The Hall–Kier alpha value is -3.56. The van der Waals surface area contributed by atoms with Crippen molar-refractivity contribution in [2.75, 3.05) is 13.7 Å². The largest absolute Gasteiger partial charge is 0.497 e. The van der Waals surface area contributed by atoms with Crippen LogP contribution in [0.4, 0.5) is 0 Å². The van der Waals surface area contributed by atoms with Gasteiger partial charge in [0.05, 0.1) is 7.11 Å². The molecule has 1 heterocycles. The third-order valence-electron chi connectivity index (χ3n) is 5.29. The van der Waals surface area contributed by atoms with Crippen LogP contribution in [0.3, 0.4) is 0 Å². The molecule has 4 aromatic rings. The topological polar surface area (TPSA) is 92.3 Å². The van der Waals surface area contributed by atoms with Crippen LogP contribution < -0.4 is 9.47 Å². The van der Waals surface area contributed by atoms with E-state index in [9.17, 15) is 10.1 Å². The van der Waals surface area contributed by atoms with Crippen LogP contribution in [0.5, 0.6) is 11.5 Å². The minimum atomic E-state index is -0.469. The summed E-state index contributed by atoms with van der Waals surface area (Å²) in [5, 5.41) is 20.7. The van der Waals surface area contributed by atoms with E-state index in [1.54, 1.807) is 19.2 Å². The highest BCUT2D eigenvalue weighted by atomic mass is 35.5. The minimum Gasteiger partial charge on any atom is -0.497 e. The Kier molecular flexibility index (Phi) is 7.89. The van der Waals surface area contributed by atoms with E-state index in [4.69, 9.17) is 21.1 Å². The van der Waals surface area contributed by atoms with E-state index in [0.717, 1.165) is 22.6 Å². The summed E-state index contributed by atoms with van der Waals surface area (Å²) in [7, 11) is 1.61. The molecule has 0 unspecified atom stereocenters. The lowest BCUT2D eigenvalue weighted by molar-refractivity contribution is -0.479. The molecule has 0 bridgehead atoms. The van der Waals surface area contributed by atoms with Crippen molar-refractivity contribution in [1.29, 1.82) is 0 Å². The molecule has 8 nitrogen and oxygen atoms in total. The number of ether oxygens (including phenoxy) is 2. The Morgan fingerprint density at radius 1 is 1.03 bits per heavy atom. The molecular formula is C25H23ClN4O4S. The molecule has 0 fully saturated rings. The van der Waals surface area contributed by atoms with Crippen LogP contribution in [0.15, 0.2) is 78.0 Å². The van der Waals surface area contributed by atoms with Crippen molar-refractivity contribution in [1.82, 2.24) is 14.8 Å². The van der Waals surface area contributed by atoms with Gasteiger partial charge in [0.1, 0.15) is 29.2 Å². The predicted molar refractivity (Wildman–Crippen MR) is 135 cm³/mol. The summed E-state index contributed by atoms with van der Waals surface area (Å²) in [5.41, 5.74) is 2.52. The lowest BCUT2D eigenvalue weighted by atomic mass is 10.1. The monoisotopic (exact) mass is 510 g/mol. The second-order valence-electron chi connectivity index (χ2n) is 7.63. The molecule has 10 heteroatoms. The zero-order chi connectivity index (χ0) is 24.8. The maximum atomic E-state index is 11.5. The van der Waals surface area contributed by atoms with Crippen LogP contribution in [0, 0.1) is 17.0 Å². The highest BCUT2D eigenvalue weighted by Gasteiger charge is 2.24. The van der Waals surface area contributed by atoms with Crippen molar-refractivity contribution in [3.05, 3.63) is 105 Å². The summed E-state index contributed by atoms with van der Waals surface area (Å²) in [6.07, 6.45) is 0. The standard InChI is InChI=1S/C25H23ClN4O4S/c1-17-27-28-25(30(17)20-9-13-21(33-2)14-10-20)35-24(15-29(31)32)18-7-11-22(12-8-18)34-16-19-5-3-4-6-23(19)26/h3-14,24H,15-16H2,1-2H3/t24-/m0/s1. The van der Waals surface area contributed by atoms with E-state index < -0.39 is 5.25 Å². The Labute approximate surface area is 212 Å². The number of thioether (sulfide) groups is 1. The van der Waals surface area contributed by atoms with Crippen LogP contribution >= 0.6 is 23.4 Å². The van der Waals surface area contributed by atoms with Crippen molar-refractivity contribution in [2.45, 2.75) is 23.9 Å². The average Bonchev–Trinajstić information content (AvgIpc) is 3.23. The minimum absolute atomic E-state index is 0.265. The number of rotatable bonds is 10. The number of benzene rings is 3. The van der Waals surface area contributed by atoms with Gasteiger partial charge in [-0.05, 0) is 55.0 Å². The number of nitrogens with zero attached hydrogens (tertiary/aromatic N) is 4. The Bertz CT molecular complexity index is 1300. The molecular weight excluding hydrogens is 488 g/mol. The van der Waals surface area contributed by atoms with E-state index in [2.05, 4.69) is 10.2 Å². The second kappa shape index (κ2) is 11.2. The first-order chi connectivity index (χ1) is 16.9. The summed E-state index contributed by atoms with van der Waals surface area (Å²) in [4.78, 5) is 11.1. The van der Waals surface area contributed by atoms with Gasteiger partial charge in [0, 0.05) is 21.2 Å². The van der Waals surface area contributed by atoms with Gasteiger partial charge >= 0.3 is 0 Å². The number of halogens is 1. The molecule has 0 radical (unpaired) electrons. The van der Waals surface area contributed by atoms with Crippen LogP contribution in [0.25, 0.3) is 5.69 Å². The molecule has 1 aromatic heterocycles. The molecule has 180 valence electrons. The molecule has 0 amide bonds. The van der Waals surface area contributed by atoms with E-state index in [0.29, 0.717) is 28.4 Å². The molecule has 0 N–H and O–H groups in total. The number of nitro groups is 1. The van der Waals surface area contributed by atoms with Gasteiger partial charge < -0.3 is 9.47 Å². The van der Waals surface area contributed by atoms with Crippen LogP contribution in [0.1, 0.15) is 22.2 Å². The highest BCUT2D eigenvalue weighted by Crippen LogP contribution is 2.36. The third-order valence-corrected chi connectivity index (χ3v) is 6.84. The molecule has 0 saturated carbocycles. The summed E-state index contributed by atoms with van der Waals surface area (Å²) >= 11 is 7.49. The van der Waals surface area contributed by atoms with Gasteiger partial charge in [0.25, 0.3) is 0 Å². The van der Waals surface area contributed by atoms with Gasteiger partial charge in [-0.25, -0.2) is 0 Å². The smallest absolute Gasteiger partial charge is 0.220 e. The van der Waals surface area contributed by atoms with E-state index >= 15 is 0 Å². The van der Waals surface area contributed by atoms with E-state index in [1.165, 1.54) is 11.8 Å². The average molecular weight is 511 g/mol. The summed E-state index contributed by atoms with van der Waals surface area (Å²) in [6.45, 7) is 1.91. The van der Waals surface area contributed by atoms with Gasteiger partial charge in [-0.15, -0.1) is 10.2 Å². The first-order valence-corrected chi connectivity index (χ1v) is 12.0. The fourth-order valence-electron chi connectivity index (χ4n) is 3.48. The zero-order valence-electron chi connectivity index (χ0n) is 19.1. The highest BCUT2D eigenvalue weighted by molar-refractivity contribution is 7.99. The van der Waals surface area contributed by atoms with Gasteiger partial charge in [0.2, 0.25) is 6.54 Å². The molecule has 35 heavy (non-hydrogen) atoms. The number of hydrogen-bond donors (Lipinski definition) is 0. The zero-order valence-corrected chi connectivity index (χ0v) is 20.7. The van der Waals surface area contributed by atoms with Crippen LogP contribution in [-0.4, -0.2) is 33.3 Å². The molecule has 4 rings (SSSR count). The van der Waals surface area contributed by atoms with Gasteiger partial charge in [-0.1, -0.05) is 53.7 Å². The number of aryl methyl sites for hydroxylation is 1. The Morgan fingerprint density at radius 3 is 2.37 bits per heavy atom. The van der Waals surface area contributed by atoms with Crippen molar-refractivity contribution in [3.8, 4) is 17.2 Å². The van der Waals surface area contributed by atoms with E-state index in [-0.39, 0.29) is 11.5 Å². The first-order valence-electron chi connectivity index (χ1n) is 10.8. The molecule has 3 aromatic carbocycles. The molecule has 0 spiro atoms. The molecule has 1 atom stereocenters. The Balaban J connectivity index is 1.53. The fourth-order valence-corrected chi connectivity index (χ4v) is 4.84. The lowest BCUT2D eigenvalue weighted by Gasteiger charge is -2.15. The maximum absolute atomic E-state index is 11.5. The fraction of sp³-hybridized carbons (Fsp3) is 0.200. The summed E-state index contributed by atoms with van der Waals surface area (Å²) < 4.78 is 13.0. The van der Waals surface area contributed by atoms with Gasteiger partial charge in [-0.3, -0.25) is 14.7 Å². The second-order valence-corrected chi connectivity index (χ2v) is 9.21. The van der Waals surface area contributed by atoms with E-state index in [1.807, 2.05) is 72.2 Å². The maximum Gasteiger partial charge on any atom is 0.220 e. The molecule has 0 saturated heterocycles. The van der Waals surface area contributed by atoms with Crippen molar-refractivity contribution in [3.63, 3.8) is 0 Å². The van der Waals surface area contributed by atoms with Crippen molar-refractivity contribution >= 4 is 23.4 Å². The van der Waals surface area contributed by atoms with Crippen LogP contribution in [-0.2, 0) is 6.61 Å². The summed E-state index contributed by atoms with van der Waals surface area (Å²) in [6, 6.07) is 22.3. The molecule has 0 aliphatic rings. The first kappa shape index (κ1) is 24.6. The normalized spacial score (nSPS) is 11.7. The Morgan fingerprint density at radius 2 is 1.71 bits per heavy atom. The molecule has 0 aliphatic carbocycles. The quantitative estimate of drug-likeness (QED) is 0.148. The lowest BCUT2D eigenvalue weighted by Crippen LogP contribution is -2.11. The number of methoxy groups -OCH3 is 1. The summed E-state index contributed by atoms with van der Waals surface area (Å²) in [5.74, 6) is 2.06. The number of aromatic nitrogens is 3. The van der Waals surface area contributed by atoms with Crippen molar-refractivity contribution in [2.24, 2.45) is 0 Å². The third kappa shape index (κ3) is 6.12. The van der Waals surface area contributed by atoms with Crippen LogP contribution in [0.2, 0.25) is 5.02 Å².